The number of likely N-dealkylation sites (tertiary alicyclic amines) is 1. The van der Waals surface area contributed by atoms with Crippen LogP contribution in [0.2, 0.25) is 0 Å². The number of para-hydroxylation sites is 1. The van der Waals surface area contributed by atoms with E-state index >= 15 is 0 Å². The molecule has 0 unspecified atom stereocenters. The van der Waals surface area contributed by atoms with Crippen molar-refractivity contribution in [1.29, 1.82) is 0 Å². The van der Waals surface area contributed by atoms with Crippen LogP contribution < -0.4 is 10.6 Å². The predicted octanol–water partition coefficient (Wildman–Crippen LogP) is 3.00. The summed E-state index contributed by atoms with van der Waals surface area (Å²) in [6.07, 6.45) is 0.583. The second-order valence-corrected chi connectivity index (χ2v) is 7.89. The zero-order chi connectivity index (χ0) is 19.3. The summed E-state index contributed by atoms with van der Waals surface area (Å²) in [5.41, 5.74) is 8.87. The van der Waals surface area contributed by atoms with Gasteiger partial charge in [-0.3, -0.25) is 9.69 Å². The number of amides is 1. The highest BCUT2D eigenvalue weighted by Crippen LogP contribution is 2.26. The average molecular weight is 451 g/mol. The predicted molar refractivity (Wildman–Crippen MR) is 128 cm³/mol. The van der Waals surface area contributed by atoms with E-state index in [-0.39, 0.29) is 42.7 Å². The van der Waals surface area contributed by atoms with Gasteiger partial charge < -0.3 is 15.5 Å². The van der Waals surface area contributed by atoms with Gasteiger partial charge in [0.2, 0.25) is 5.91 Å². The third kappa shape index (κ3) is 5.88. The van der Waals surface area contributed by atoms with Crippen molar-refractivity contribution in [3.63, 3.8) is 0 Å². The minimum Gasteiger partial charge on any atom is -0.369 e. The van der Waals surface area contributed by atoms with E-state index in [1.54, 1.807) is 0 Å². The van der Waals surface area contributed by atoms with E-state index in [4.69, 9.17) is 5.73 Å². The minimum atomic E-state index is 0. The fourth-order valence-electron chi connectivity index (χ4n) is 4.37. The van der Waals surface area contributed by atoms with Gasteiger partial charge in [-0.1, -0.05) is 48.5 Å². The Hall–Kier alpha value is -1.79. The second kappa shape index (κ2) is 11.6. The van der Waals surface area contributed by atoms with E-state index in [0.29, 0.717) is 13.0 Å². The summed E-state index contributed by atoms with van der Waals surface area (Å²) in [6, 6.07) is 20.9. The monoisotopic (exact) mass is 450 g/mol. The highest BCUT2D eigenvalue weighted by atomic mass is 35.5. The Morgan fingerprint density at radius 3 is 2.10 bits per heavy atom. The van der Waals surface area contributed by atoms with Crippen LogP contribution in [-0.4, -0.2) is 67.6 Å². The zero-order valence-corrected chi connectivity index (χ0v) is 18.9. The van der Waals surface area contributed by atoms with Gasteiger partial charge in [-0.2, -0.15) is 0 Å². The number of hydrogen-bond donors (Lipinski definition) is 1. The van der Waals surface area contributed by atoms with Crippen LogP contribution in [0.5, 0.6) is 0 Å². The summed E-state index contributed by atoms with van der Waals surface area (Å²) < 4.78 is 0. The molecule has 0 radical (unpaired) electrons. The molecule has 0 aliphatic carbocycles. The van der Waals surface area contributed by atoms with Crippen molar-refractivity contribution in [2.24, 2.45) is 5.73 Å². The van der Waals surface area contributed by atoms with Gasteiger partial charge in [0.1, 0.15) is 0 Å². The van der Waals surface area contributed by atoms with Crippen LogP contribution in [0.4, 0.5) is 5.69 Å². The molecule has 2 aromatic rings. The highest BCUT2D eigenvalue weighted by Gasteiger charge is 2.33. The molecule has 30 heavy (non-hydrogen) atoms. The molecule has 2 aliphatic rings. The molecule has 0 aromatic heterocycles. The molecule has 7 heteroatoms. The van der Waals surface area contributed by atoms with Crippen LogP contribution in [-0.2, 0) is 4.79 Å². The minimum absolute atomic E-state index is 0. The Balaban J connectivity index is 0.00000160. The smallest absolute Gasteiger partial charge is 0.223 e. The lowest BCUT2D eigenvalue weighted by Gasteiger charge is -2.36. The summed E-state index contributed by atoms with van der Waals surface area (Å²) in [5, 5.41) is 0. The van der Waals surface area contributed by atoms with Crippen molar-refractivity contribution in [2.75, 3.05) is 50.7 Å². The van der Waals surface area contributed by atoms with E-state index in [1.165, 1.54) is 11.3 Å². The number of rotatable bonds is 5. The lowest BCUT2D eigenvalue weighted by Crippen LogP contribution is -2.47. The maximum atomic E-state index is 12.7. The lowest BCUT2D eigenvalue weighted by molar-refractivity contribution is -0.130. The van der Waals surface area contributed by atoms with E-state index in [2.05, 4.69) is 52.3 Å². The highest BCUT2D eigenvalue weighted by molar-refractivity contribution is 5.85. The maximum absolute atomic E-state index is 12.7. The van der Waals surface area contributed by atoms with Crippen molar-refractivity contribution >= 4 is 36.4 Å². The molecule has 5 nitrogen and oxygen atoms in total. The van der Waals surface area contributed by atoms with Gasteiger partial charge in [-0.25, -0.2) is 0 Å². The third-order valence-corrected chi connectivity index (χ3v) is 6.08. The molecule has 164 valence electrons. The summed E-state index contributed by atoms with van der Waals surface area (Å²) in [4.78, 5) is 19.5. The number of benzene rings is 2. The quantitative estimate of drug-likeness (QED) is 0.760. The first kappa shape index (κ1) is 24.5. The number of hydrogen-bond acceptors (Lipinski definition) is 4. The summed E-state index contributed by atoms with van der Waals surface area (Å²) >= 11 is 0. The van der Waals surface area contributed by atoms with E-state index in [9.17, 15) is 4.79 Å². The summed E-state index contributed by atoms with van der Waals surface area (Å²) in [7, 11) is 0. The molecule has 1 amide bonds. The SMILES string of the molecule is Cl.Cl.N[C@@H]1CN(C(=O)CCN2CCN(c3ccccc3)CC2)C[C@H]1c1ccccc1. The molecule has 2 atom stereocenters. The Labute approximate surface area is 192 Å². The number of nitrogens with zero attached hydrogens (tertiary/aromatic N) is 3. The van der Waals surface area contributed by atoms with Crippen LogP contribution >= 0.6 is 24.8 Å². The molecule has 2 aliphatic heterocycles. The first-order valence-electron chi connectivity index (χ1n) is 10.3. The fourth-order valence-corrected chi connectivity index (χ4v) is 4.37. The van der Waals surface area contributed by atoms with E-state index in [1.807, 2.05) is 23.1 Å². The van der Waals surface area contributed by atoms with Gasteiger partial charge in [-0.05, 0) is 17.7 Å². The Morgan fingerprint density at radius 1 is 0.867 bits per heavy atom. The molecule has 0 saturated carbocycles. The number of nitrogens with two attached hydrogens (primary N) is 1. The number of carbonyl (C=O) groups excluding carboxylic acids is 1. The number of anilines is 1. The van der Waals surface area contributed by atoms with Gasteiger partial charge in [0, 0.05) is 69.9 Å². The van der Waals surface area contributed by atoms with Crippen LogP contribution in [0.3, 0.4) is 0 Å². The Kier molecular flexibility index (Phi) is 9.43. The summed E-state index contributed by atoms with van der Waals surface area (Å²) in [5.74, 6) is 0.485. The van der Waals surface area contributed by atoms with Crippen LogP contribution in [0.25, 0.3) is 0 Å². The van der Waals surface area contributed by atoms with Crippen LogP contribution in [0.15, 0.2) is 60.7 Å². The zero-order valence-electron chi connectivity index (χ0n) is 17.2. The second-order valence-electron chi connectivity index (χ2n) is 7.89. The van der Waals surface area contributed by atoms with Crippen molar-refractivity contribution < 1.29 is 4.79 Å². The molecule has 0 spiro atoms. The van der Waals surface area contributed by atoms with Crippen LogP contribution in [0.1, 0.15) is 17.9 Å². The topological polar surface area (TPSA) is 52.8 Å². The van der Waals surface area contributed by atoms with E-state index in [0.717, 1.165) is 39.3 Å². The molecular formula is C23H32Cl2N4O. The number of carbonyl (C=O) groups is 1. The van der Waals surface area contributed by atoms with Gasteiger partial charge in [0.05, 0.1) is 0 Å². The lowest BCUT2D eigenvalue weighted by atomic mass is 9.95. The molecule has 2 fully saturated rings. The average Bonchev–Trinajstić information content (AvgIpc) is 3.15. The van der Waals surface area contributed by atoms with Gasteiger partial charge in [0.25, 0.3) is 0 Å². The molecule has 4 rings (SSSR count). The van der Waals surface area contributed by atoms with Crippen molar-refractivity contribution in [2.45, 2.75) is 18.4 Å². The van der Waals surface area contributed by atoms with Gasteiger partial charge >= 0.3 is 0 Å². The van der Waals surface area contributed by atoms with Crippen molar-refractivity contribution in [3.8, 4) is 0 Å². The van der Waals surface area contributed by atoms with Crippen molar-refractivity contribution in [3.05, 3.63) is 66.2 Å². The molecular weight excluding hydrogens is 419 g/mol. The first-order valence-corrected chi connectivity index (χ1v) is 10.3. The largest absolute Gasteiger partial charge is 0.369 e. The molecule has 2 N–H and O–H groups in total. The standard InChI is InChI=1S/C23H30N4O.2ClH/c24-22-18-27(17-21(22)19-7-3-1-4-8-19)23(28)11-12-25-13-15-26(16-14-25)20-9-5-2-6-10-20;;/h1-10,21-22H,11-18,24H2;2*1H/t21-,22+;;/m0../s1. The third-order valence-electron chi connectivity index (χ3n) is 6.08. The fraction of sp³-hybridized carbons (Fsp3) is 0.435. The molecule has 2 saturated heterocycles. The molecule has 2 aromatic carbocycles. The number of piperazine rings is 1. The number of halogens is 2. The molecule has 0 bridgehead atoms. The van der Waals surface area contributed by atoms with Crippen molar-refractivity contribution in [1.82, 2.24) is 9.80 Å². The van der Waals surface area contributed by atoms with E-state index < -0.39 is 0 Å². The van der Waals surface area contributed by atoms with Crippen LogP contribution in [0, 0.1) is 0 Å². The van der Waals surface area contributed by atoms with Gasteiger partial charge in [0.15, 0.2) is 0 Å². The Bertz CT molecular complexity index is 769. The summed E-state index contributed by atoms with van der Waals surface area (Å²) in [6.45, 7) is 6.30. The maximum Gasteiger partial charge on any atom is 0.223 e. The first-order chi connectivity index (χ1) is 13.7. The van der Waals surface area contributed by atoms with Gasteiger partial charge in [-0.15, -0.1) is 24.8 Å². The normalized spacial score (nSPS) is 21.6. The molecule has 2 heterocycles. The Morgan fingerprint density at radius 2 is 1.47 bits per heavy atom.